The zero-order chi connectivity index (χ0) is 24.3. The van der Waals surface area contributed by atoms with Gasteiger partial charge < -0.3 is 23.8 Å². The van der Waals surface area contributed by atoms with Crippen LogP contribution < -0.4 is 14.2 Å². The molecule has 0 N–H and O–H groups in total. The molecule has 2 aliphatic heterocycles. The average molecular weight is 468 g/mol. The van der Waals surface area contributed by atoms with Gasteiger partial charge in [0.15, 0.2) is 11.5 Å². The number of rotatable bonds is 7. The molecule has 0 aromatic heterocycles. The van der Waals surface area contributed by atoms with Crippen molar-refractivity contribution in [2.45, 2.75) is 70.7 Å². The number of hydrogen-bond acceptors (Lipinski definition) is 5. The summed E-state index contributed by atoms with van der Waals surface area (Å²) in [5, 5.41) is 0. The van der Waals surface area contributed by atoms with Crippen LogP contribution in [0.2, 0.25) is 0 Å². The lowest BCUT2D eigenvalue weighted by Gasteiger charge is -2.47. The van der Waals surface area contributed by atoms with E-state index in [1.807, 2.05) is 36.9 Å². The number of benzene rings is 2. The monoisotopic (exact) mass is 467 g/mol. The van der Waals surface area contributed by atoms with Crippen LogP contribution in [0.25, 0.3) is 0 Å². The second-order valence-corrected chi connectivity index (χ2v) is 9.93. The Labute approximate surface area is 203 Å². The van der Waals surface area contributed by atoms with Crippen LogP contribution in [0.4, 0.5) is 0 Å². The molecule has 0 radical (unpaired) electrons. The fraction of sp³-hybridized carbons (Fsp3) is 0.536. The fourth-order valence-electron chi connectivity index (χ4n) is 4.96. The second kappa shape index (κ2) is 10.3. The Morgan fingerprint density at radius 1 is 1.06 bits per heavy atom. The van der Waals surface area contributed by atoms with Crippen LogP contribution in [0.1, 0.15) is 68.8 Å². The molecule has 0 bridgehead atoms. The zero-order valence-corrected chi connectivity index (χ0v) is 21.0. The number of fused-ring (bicyclic) bond motifs is 1. The van der Waals surface area contributed by atoms with E-state index in [-0.39, 0.29) is 23.7 Å². The van der Waals surface area contributed by atoms with Gasteiger partial charge in [-0.3, -0.25) is 4.79 Å². The van der Waals surface area contributed by atoms with E-state index < -0.39 is 0 Å². The van der Waals surface area contributed by atoms with E-state index in [0.29, 0.717) is 42.7 Å². The molecule has 6 nitrogen and oxygen atoms in total. The zero-order valence-electron chi connectivity index (χ0n) is 21.0. The third kappa shape index (κ3) is 5.33. The van der Waals surface area contributed by atoms with Crippen LogP contribution in [-0.4, -0.2) is 55.4 Å². The number of nitrogens with zero attached hydrogens (tertiary/aromatic N) is 1. The third-order valence-electron chi connectivity index (χ3n) is 6.67. The van der Waals surface area contributed by atoms with Crippen LogP contribution in [-0.2, 0) is 4.74 Å². The van der Waals surface area contributed by atoms with Crippen molar-refractivity contribution in [3.63, 3.8) is 0 Å². The molecule has 2 aliphatic rings. The number of para-hydroxylation sites is 1. The standard InChI is InChI=1S/C28H37NO5/c1-19(2)32-18-22-17-28(34-24-9-7-6-8-23(22)24)12-14-29(15-13-28)27(30)21-10-11-25(33-20(3)4)26(16-21)31-5/h6-11,16,19-20,22H,12-15,17-18H2,1-5H3. The molecule has 2 aromatic rings. The Kier molecular flexibility index (Phi) is 7.36. The molecule has 184 valence electrons. The fourth-order valence-corrected chi connectivity index (χ4v) is 4.96. The maximum atomic E-state index is 13.3. The van der Waals surface area contributed by atoms with Crippen molar-refractivity contribution in [3.05, 3.63) is 53.6 Å². The lowest BCUT2D eigenvalue weighted by molar-refractivity contribution is -0.0325. The summed E-state index contributed by atoms with van der Waals surface area (Å²) < 4.78 is 23.9. The molecule has 2 aromatic carbocycles. The lowest BCUT2D eigenvalue weighted by atomic mass is 9.77. The summed E-state index contributed by atoms with van der Waals surface area (Å²) in [7, 11) is 1.60. The van der Waals surface area contributed by atoms with Crippen molar-refractivity contribution >= 4 is 5.91 Å². The molecular formula is C28H37NO5. The van der Waals surface area contributed by atoms with Crippen LogP contribution in [0.15, 0.2) is 42.5 Å². The van der Waals surface area contributed by atoms with E-state index in [1.165, 1.54) is 5.56 Å². The number of methoxy groups -OCH3 is 1. The van der Waals surface area contributed by atoms with Crippen LogP contribution >= 0.6 is 0 Å². The van der Waals surface area contributed by atoms with Crippen LogP contribution in [0.5, 0.6) is 17.2 Å². The highest BCUT2D eigenvalue weighted by Crippen LogP contribution is 2.45. The Bertz CT molecular complexity index is 994. The largest absolute Gasteiger partial charge is 0.493 e. The summed E-state index contributed by atoms with van der Waals surface area (Å²) in [5.74, 6) is 2.49. The summed E-state index contributed by atoms with van der Waals surface area (Å²) in [4.78, 5) is 15.2. The Morgan fingerprint density at radius 3 is 2.47 bits per heavy atom. The number of carbonyl (C=O) groups excluding carboxylic acids is 1. The molecule has 0 aliphatic carbocycles. The molecule has 1 spiro atoms. The molecule has 1 atom stereocenters. The van der Waals surface area contributed by atoms with E-state index in [1.54, 1.807) is 13.2 Å². The number of hydrogen-bond donors (Lipinski definition) is 0. The topological polar surface area (TPSA) is 57.2 Å². The number of piperidine rings is 1. The summed E-state index contributed by atoms with van der Waals surface area (Å²) in [6, 6.07) is 13.7. The quantitative estimate of drug-likeness (QED) is 0.542. The first-order valence-electron chi connectivity index (χ1n) is 12.3. The van der Waals surface area contributed by atoms with Gasteiger partial charge in [-0.15, -0.1) is 0 Å². The van der Waals surface area contributed by atoms with E-state index >= 15 is 0 Å². The molecule has 6 heteroatoms. The third-order valence-corrected chi connectivity index (χ3v) is 6.67. The predicted molar refractivity (Wildman–Crippen MR) is 132 cm³/mol. The predicted octanol–water partition coefficient (Wildman–Crippen LogP) is 5.45. The maximum absolute atomic E-state index is 13.3. The SMILES string of the molecule is COc1cc(C(=O)N2CCC3(CC2)CC(COC(C)C)c2ccccc2O3)ccc1OC(C)C. The van der Waals surface area contributed by atoms with E-state index in [4.69, 9.17) is 18.9 Å². The minimum atomic E-state index is -0.261. The minimum absolute atomic E-state index is 0.0140. The van der Waals surface area contributed by atoms with Gasteiger partial charge in [-0.25, -0.2) is 0 Å². The molecule has 1 fully saturated rings. The molecular weight excluding hydrogens is 430 g/mol. The van der Waals surface area contributed by atoms with Crippen molar-refractivity contribution in [2.24, 2.45) is 0 Å². The molecule has 1 amide bonds. The molecule has 4 rings (SSSR count). The van der Waals surface area contributed by atoms with Crippen molar-refractivity contribution in [1.82, 2.24) is 4.90 Å². The van der Waals surface area contributed by atoms with Gasteiger partial charge in [0.25, 0.3) is 5.91 Å². The molecule has 0 saturated carbocycles. The number of amides is 1. The Balaban J connectivity index is 1.46. The van der Waals surface area contributed by atoms with Crippen molar-refractivity contribution in [1.29, 1.82) is 0 Å². The summed E-state index contributed by atoms with van der Waals surface area (Å²) in [6.07, 6.45) is 2.74. The normalized spacial score (nSPS) is 19.1. The van der Waals surface area contributed by atoms with Gasteiger partial charge in [-0.1, -0.05) is 18.2 Å². The van der Waals surface area contributed by atoms with Gasteiger partial charge in [0.1, 0.15) is 11.4 Å². The van der Waals surface area contributed by atoms with Gasteiger partial charge >= 0.3 is 0 Å². The highest BCUT2D eigenvalue weighted by atomic mass is 16.5. The number of carbonyl (C=O) groups is 1. The van der Waals surface area contributed by atoms with E-state index in [2.05, 4.69) is 32.0 Å². The Morgan fingerprint density at radius 2 is 1.79 bits per heavy atom. The van der Waals surface area contributed by atoms with E-state index in [9.17, 15) is 4.79 Å². The van der Waals surface area contributed by atoms with Crippen LogP contribution in [0.3, 0.4) is 0 Å². The van der Waals surface area contributed by atoms with Gasteiger partial charge in [-0.05, 0) is 63.9 Å². The first-order valence-corrected chi connectivity index (χ1v) is 12.3. The van der Waals surface area contributed by atoms with Gasteiger partial charge in [-0.2, -0.15) is 0 Å². The summed E-state index contributed by atoms with van der Waals surface area (Å²) in [5.41, 5.74) is 1.58. The van der Waals surface area contributed by atoms with Gasteiger partial charge in [0.05, 0.1) is 25.9 Å². The van der Waals surface area contributed by atoms with Crippen molar-refractivity contribution in [2.75, 3.05) is 26.8 Å². The maximum Gasteiger partial charge on any atom is 0.253 e. The number of likely N-dealkylation sites (tertiary alicyclic amines) is 1. The lowest BCUT2D eigenvalue weighted by Crippen LogP contribution is -2.52. The first-order chi connectivity index (χ1) is 16.3. The molecule has 1 saturated heterocycles. The van der Waals surface area contributed by atoms with Crippen LogP contribution in [0, 0.1) is 0 Å². The van der Waals surface area contributed by atoms with Gasteiger partial charge in [0.2, 0.25) is 0 Å². The highest BCUT2D eigenvalue weighted by Gasteiger charge is 2.44. The Hall–Kier alpha value is -2.73. The van der Waals surface area contributed by atoms with Crippen molar-refractivity contribution < 1.29 is 23.7 Å². The summed E-state index contributed by atoms with van der Waals surface area (Å²) in [6.45, 7) is 10.1. The smallest absolute Gasteiger partial charge is 0.253 e. The first kappa shape index (κ1) is 24.4. The van der Waals surface area contributed by atoms with Gasteiger partial charge in [0, 0.05) is 37.4 Å². The average Bonchev–Trinajstić information content (AvgIpc) is 2.82. The molecule has 1 unspecified atom stereocenters. The number of ether oxygens (including phenoxy) is 4. The molecule has 34 heavy (non-hydrogen) atoms. The summed E-state index contributed by atoms with van der Waals surface area (Å²) >= 11 is 0. The van der Waals surface area contributed by atoms with Crippen molar-refractivity contribution in [3.8, 4) is 17.2 Å². The van der Waals surface area contributed by atoms with E-state index in [0.717, 1.165) is 25.0 Å². The highest BCUT2D eigenvalue weighted by molar-refractivity contribution is 5.95. The second-order valence-electron chi connectivity index (χ2n) is 9.93. The molecule has 2 heterocycles. The minimum Gasteiger partial charge on any atom is -0.493 e.